The Morgan fingerprint density at radius 3 is 2.29 bits per heavy atom. The highest BCUT2D eigenvalue weighted by Gasteiger charge is 2.24. The minimum absolute atomic E-state index is 0.0710. The van der Waals surface area contributed by atoms with Crippen LogP contribution >= 0.6 is 0 Å². The molecule has 0 unspecified atom stereocenters. The van der Waals surface area contributed by atoms with Crippen molar-refractivity contribution < 1.29 is 9.59 Å². The van der Waals surface area contributed by atoms with Gasteiger partial charge in [0.2, 0.25) is 11.8 Å². The molecule has 6 nitrogen and oxygen atoms in total. The highest BCUT2D eigenvalue weighted by Crippen LogP contribution is 2.10. The van der Waals surface area contributed by atoms with Crippen molar-refractivity contribution in [3.63, 3.8) is 0 Å². The van der Waals surface area contributed by atoms with E-state index < -0.39 is 0 Å². The van der Waals surface area contributed by atoms with Crippen LogP contribution in [0.3, 0.4) is 0 Å². The molecule has 0 bridgehead atoms. The van der Waals surface area contributed by atoms with Crippen LogP contribution in [0.2, 0.25) is 0 Å². The quantitative estimate of drug-likeness (QED) is 0.588. The molecule has 1 heterocycles. The van der Waals surface area contributed by atoms with Crippen molar-refractivity contribution in [2.24, 2.45) is 5.92 Å². The lowest BCUT2D eigenvalue weighted by molar-refractivity contribution is -0.125. The van der Waals surface area contributed by atoms with E-state index in [9.17, 15) is 9.59 Å². The maximum Gasteiger partial charge on any atom is 0.237 e. The molecule has 2 atom stereocenters. The van der Waals surface area contributed by atoms with Crippen LogP contribution < -0.4 is 16.0 Å². The molecule has 0 aliphatic carbocycles. The van der Waals surface area contributed by atoms with Gasteiger partial charge in [-0.3, -0.25) is 14.5 Å². The zero-order chi connectivity index (χ0) is 18.1. The molecule has 0 aromatic carbocycles. The Hall–Kier alpha value is -1.14. The van der Waals surface area contributed by atoms with Crippen LogP contribution in [0.1, 0.15) is 53.9 Å². The first-order valence-corrected chi connectivity index (χ1v) is 9.39. The summed E-state index contributed by atoms with van der Waals surface area (Å²) in [5, 5.41) is 9.40. The van der Waals surface area contributed by atoms with E-state index in [-0.39, 0.29) is 23.9 Å². The van der Waals surface area contributed by atoms with E-state index in [2.05, 4.69) is 41.6 Å². The van der Waals surface area contributed by atoms with Crippen molar-refractivity contribution in [3.05, 3.63) is 0 Å². The molecule has 0 radical (unpaired) electrons. The number of hydrogen-bond acceptors (Lipinski definition) is 4. The maximum absolute atomic E-state index is 12.3. The number of hydrogen-bond donors (Lipinski definition) is 3. The van der Waals surface area contributed by atoms with Gasteiger partial charge in [-0.25, -0.2) is 0 Å². The number of nitrogens with one attached hydrogen (secondary N) is 3. The summed E-state index contributed by atoms with van der Waals surface area (Å²) >= 11 is 0. The second kappa shape index (κ2) is 10.7. The second-order valence-corrected chi connectivity index (χ2v) is 7.33. The lowest BCUT2D eigenvalue weighted by atomic mass is 10.0. The first-order valence-electron chi connectivity index (χ1n) is 9.39. The third-order valence-corrected chi connectivity index (χ3v) is 4.78. The van der Waals surface area contributed by atoms with Crippen LogP contribution in [0.5, 0.6) is 0 Å². The fraction of sp³-hybridized carbons (Fsp3) is 0.889. The van der Waals surface area contributed by atoms with Gasteiger partial charge < -0.3 is 16.0 Å². The zero-order valence-electron chi connectivity index (χ0n) is 16.0. The van der Waals surface area contributed by atoms with E-state index in [0.717, 1.165) is 38.9 Å². The van der Waals surface area contributed by atoms with E-state index in [4.69, 9.17) is 0 Å². The Morgan fingerprint density at radius 1 is 1.12 bits per heavy atom. The maximum atomic E-state index is 12.3. The van der Waals surface area contributed by atoms with Gasteiger partial charge in [0.25, 0.3) is 0 Å². The predicted molar refractivity (Wildman–Crippen MR) is 97.8 cm³/mol. The van der Waals surface area contributed by atoms with Gasteiger partial charge in [-0.15, -0.1) is 0 Å². The number of piperidine rings is 1. The van der Waals surface area contributed by atoms with Crippen molar-refractivity contribution >= 4 is 11.8 Å². The van der Waals surface area contributed by atoms with E-state index in [1.165, 1.54) is 0 Å². The first kappa shape index (κ1) is 20.9. The van der Waals surface area contributed by atoms with Crippen molar-refractivity contribution in [2.45, 2.75) is 72.0 Å². The standard InChI is InChI=1S/C18H36N4O2/c1-6-9-19-17(23)12-22-10-7-16(8-11-22)21-18(24)15(5)20-14(4)13(2)3/h13-16,20H,6-12H2,1-5H3,(H,19,23)(H,21,24)/t14-,15-/m1/s1. The summed E-state index contributed by atoms with van der Waals surface area (Å²) in [6.07, 6.45) is 2.76. The molecule has 140 valence electrons. The molecular weight excluding hydrogens is 304 g/mol. The van der Waals surface area contributed by atoms with E-state index >= 15 is 0 Å². The molecule has 1 rings (SSSR count). The van der Waals surface area contributed by atoms with E-state index in [0.29, 0.717) is 18.5 Å². The lowest BCUT2D eigenvalue weighted by Crippen LogP contribution is -2.52. The average Bonchev–Trinajstić information content (AvgIpc) is 2.54. The molecule has 1 saturated heterocycles. The molecule has 0 aromatic rings. The molecule has 1 aliphatic rings. The van der Waals surface area contributed by atoms with Gasteiger partial charge >= 0.3 is 0 Å². The van der Waals surface area contributed by atoms with Gasteiger partial charge in [0.05, 0.1) is 12.6 Å². The van der Waals surface area contributed by atoms with Crippen molar-refractivity contribution in [1.29, 1.82) is 0 Å². The first-order chi connectivity index (χ1) is 11.3. The Bertz CT molecular complexity index is 392. The average molecular weight is 341 g/mol. The normalized spacial score (nSPS) is 19.1. The van der Waals surface area contributed by atoms with E-state index in [1.54, 1.807) is 0 Å². The summed E-state index contributed by atoms with van der Waals surface area (Å²) in [4.78, 5) is 26.2. The van der Waals surface area contributed by atoms with Crippen LogP contribution in [0.15, 0.2) is 0 Å². The summed E-state index contributed by atoms with van der Waals surface area (Å²) in [6.45, 7) is 13.3. The van der Waals surface area contributed by atoms with Gasteiger partial charge in [0.15, 0.2) is 0 Å². The molecule has 0 spiro atoms. The number of carbonyl (C=O) groups is 2. The van der Waals surface area contributed by atoms with Crippen LogP contribution in [0.25, 0.3) is 0 Å². The van der Waals surface area contributed by atoms with Gasteiger partial charge in [0.1, 0.15) is 0 Å². The predicted octanol–water partition coefficient (Wildman–Crippen LogP) is 1.12. The molecule has 3 N–H and O–H groups in total. The third kappa shape index (κ3) is 7.62. The largest absolute Gasteiger partial charge is 0.355 e. The lowest BCUT2D eigenvalue weighted by Gasteiger charge is -2.32. The zero-order valence-corrected chi connectivity index (χ0v) is 16.0. The van der Waals surface area contributed by atoms with Crippen LogP contribution in [0.4, 0.5) is 0 Å². The molecular formula is C18H36N4O2. The summed E-state index contributed by atoms with van der Waals surface area (Å²) in [5.74, 6) is 0.670. The molecule has 0 saturated carbocycles. The fourth-order valence-corrected chi connectivity index (χ4v) is 2.75. The van der Waals surface area contributed by atoms with Crippen LogP contribution in [-0.4, -0.2) is 61.0 Å². The number of nitrogens with zero attached hydrogens (tertiary/aromatic N) is 1. The number of rotatable bonds is 9. The Morgan fingerprint density at radius 2 is 1.75 bits per heavy atom. The van der Waals surface area contributed by atoms with Gasteiger partial charge in [-0.2, -0.15) is 0 Å². The molecule has 6 heteroatoms. The fourth-order valence-electron chi connectivity index (χ4n) is 2.75. The second-order valence-electron chi connectivity index (χ2n) is 7.33. The molecule has 24 heavy (non-hydrogen) atoms. The SMILES string of the molecule is CCCNC(=O)CN1CCC(NC(=O)[C@@H](C)N[C@H](C)C(C)C)CC1. The summed E-state index contributed by atoms with van der Waals surface area (Å²) < 4.78 is 0. The molecule has 2 amide bonds. The molecule has 0 aromatic heterocycles. The third-order valence-electron chi connectivity index (χ3n) is 4.78. The van der Waals surface area contributed by atoms with Crippen molar-refractivity contribution in [3.8, 4) is 0 Å². The number of carbonyl (C=O) groups excluding carboxylic acids is 2. The molecule has 1 aliphatic heterocycles. The van der Waals surface area contributed by atoms with Crippen molar-refractivity contribution in [2.75, 3.05) is 26.2 Å². The summed E-state index contributed by atoms with van der Waals surface area (Å²) in [5.41, 5.74) is 0. The minimum atomic E-state index is -0.180. The topological polar surface area (TPSA) is 73.5 Å². The highest BCUT2D eigenvalue weighted by atomic mass is 16.2. The van der Waals surface area contributed by atoms with E-state index in [1.807, 2.05) is 13.8 Å². The number of amides is 2. The Labute approximate surface area is 147 Å². The minimum Gasteiger partial charge on any atom is -0.355 e. The summed E-state index contributed by atoms with van der Waals surface area (Å²) in [7, 11) is 0. The van der Waals surface area contributed by atoms with Gasteiger partial charge in [-0.1, -0.05) is 20.8 Å². The van der Waals surface area contributed by atoms with Gasteiger partial charge in [0, 0.05) is 31.7 Å². The van der Waals surface area contributed by atoms with Crippen LogP contribution in [-0.2, 0) is 9.59 Å². The van der Waals surface area contributed by atoms with Crippen LogP contribution in [0, 0.1) is 5.92 Å². The number of likely N-dealkylation sites (tertiary alicyclic amines) is 1. The van der Waals surface area contributed by atoms with Crippen molar-refractivity contribution in [1.82, 2.24) is 20.9 Å². The Kier molecular flexibility index (Phi) is 9.29. The highest BCUT2D eigenvalue weighted by molar-refractivity contribution is 5.81. The van der Waals surface area contributed by atoms with Gasteiger partial charge in [-0.05, 0) is 39.0 Å². The monoisotopic (exact) mass is 340 g/mol. The Balaban J connectivity index is 2.27. The molecule has 1 fully saturated rings. The smallest absolute Gasteiger partial charge is 0.237 e. The summed E-state index contributed by atoms with van der Waals surface area (Å²) in [6, 6.07) is 0.348.